The van der Waals surface area contributed by atoms with Gasteiger partial charge in [-0.2, -0.15) is 4.37 Å². The lowest BCUT2D eigenvalue weighted by Gasteiger charge is -2.08. The minimum absolute atomic E-state index is 0.0493. The van der Waals surface area contributed by atoms with Crippen molar-refractivity contribution in [1.29, 1.82) is 0 Å². The smallest absolute Gasteiger partial charge is 0.251 e. The van der Waals surface area contributed by atoms with Crippen LogP contribution in [0.25, 0.3) is 11.4 Å². The van der Waals surface area contributed by atoms with E-state index >= 15 is 0 Å². The molecule has 0 aliphatic rings. The Hall–Kier alpha value is -2.93. The number of benzene rings is 1. The van der Waals surface area contributed by atoms with Crippen molar-refractivity contribution >= 4 is 33.2 Å². The van der Waals surface area contributed by atoms with Gasteiger partial charge in [0.15, 0.2) is 5.82 Å². The second-order valence-corrected chi connectivity index (χ2v) is 10.6. The number of terminal acetylenes is 1. The third-order valence-corrected chi connectivity index (χ3v) is 7.01. The third kappa shape index (κ3) is 12.5. The number of rotatable bonds is 19. The highest BCUT2D eigenvalue weighted by Crippen LogP contribution is 2.21. The molecule has 0 saturated carbocycles. The first-order valence-electron chi connectivity index (χ1n) is 11.7. The normalized spacial score (nSPS) is 11.2. The molecule has 208 valence electrons. The Kier molecular flexibility index (Phi) is 14.5. The molecule has 2 aromatic rings. The van der Waals surface area contributed by atoms with Crippen molar-refractivity contribution in [2.75, 3.05) is 72.2 Å². The lowest BCUT2D eigenvalue weighted by atomic mass is 10.1. The topological polar surface area (TPSA) is 155 Å². The number of amides is 2. The van der Waals surface area contributed by atoms with Gasteiger partial charge >= 0.3 is 0 Å². The van der Waals surface area contributed by atoms with Gasteiger partial charge in [-0.15, -0.1) is 6.42 Å². The molecule has 0 aliphatic heterocycles. The quantitative estimate of drug-likeness (QED) is 0.181. The number of hydrogen-bond acceptors (Lipinski definition) is 11. The van der Waals surface area contributed by atoms with Crippen LogP contribution in [-0.2, 0) is 33.6 Å². The van der Waals surface area contributed by atoms with Gasteiger partial charge in [0.1, 0.15) is 0 Å². The van der Waals surface area contributed by atoms with Crippen molar-refractivity contribution in [1.82, 2.24) is 20.0 Å². The molecule has 2 rings (SSSR count). The monoisotopic (exact) mass is 568 g/mol. The molecule has 0 fully saturated rings. The first kappa shape index (κ1) is 31.3. The van der Waals surface area contributed by atoms with Crippen molar-refractivity contribution in [2.24, 2.45) is 0 Å². The number of ether oxygens (including phenoxy) is 4. The summed E-state index contributed by atoms with van der Waals surface area (Å²) in [6.07, 6.45) is 6.39. The fraction of sp³-hybridized carbons (Fsp3) is 0.500. The van der Waals surface area contributed by atoms with E-state index < -0.39 is 9.84 Å². The van der Waals surface area contributed by atoms with Crippen molar-refractivity contribution in [3.63, 3.8) is 0 Å². The Morgan fingerprint density at radius 2 is 1.50 bits per heavy atom. The van der Waals surface area contributed by atoms with Crippen LogP contribution < -0.4 is 10.6 Å². The zero-order valence-electron chi connectivity index (χ0n) is 21.1. The maximum absolute atomic E-state index is 12.3. The molecule has 0 bridgehead atoms. The average molecular weight is 569 g/mol. The minimum Gasteiger partial charge on any atom is -0.379 e. The Morgan fingerprint density at radius 3 is 2.05 bits per heavy atom. The standard InChI is InChI=1S/C24H32N4O8S2/c1-3-9-25-21(29)8-11-33-13-15-35-17-18-36-16-14-34-12-10-26-23(30)20-6-4-19(5-7-20)22-27-24(37-28-22)38(2,31)32/h1,4-7H,8-18H2,2H3,(H,25,29)(H,26,30). The lowest BCUT2D eigenvalue weighted by Crippen LogP contribution is -2.27. The predicted octanol–water partition coefficient (Wildman–Crippen LogP) is 0.544. The Morgan fingerprint density at radius 1 is 0.921 bits per heavy atom. The van der Waals surface area contributed by atoms with Gasteiger partial charge in [0.25, 0.3) is 5.91 Å². The molecule has 0 atom stereocenters. The molecular formula is C24H32N4O8S2. The summed E-state index contributed by atoms with van der Waals surface area (Å²) in [5, 5.41) is 5.31. The van der Waals surface area contributed by atoms with Crippen molar-refractivity contribution in [2.45, 2.75) is 10.8 Å². The summed E-state index contributed by atoms with van der Waals surface area (Å²) >= 11 is 0.815. The summed E-state index contributed by atoms with van der Waals surface area (Å²) in [4.78, 5) is 27.6. The molecular weight excluding hydrogens is 536 g/mol. The van der Waals surface area contributed by atoms with Crippen LogP contribution in [0.2, 0.25) is 0 Å². The van der Waals surface area contributed by atoms with E-state index in [1.165, 1.54) is 0 Å². The highest BCUT2D eigenvalue weighted by Gasteiger charge is 2.15. The Balaban J connectivity index is 1.44. The summed E-state index contributed by atoms with van der Waals surface area (Å²) in [7, 11) is -3.41. The minimum atomic E-state index is -3.41. The van der Waals surface area contributed by atoms with E-state index in [0.717, 1.165) is 17.8 Å². The van der Waals surface area contributed by atoms with E-state index in [2.05, 4.69) is 25.9 Å². The molecule has 0 aliphatic carbocycles. The van der Waals surface area contributed by atoms with Crippen LogP contribution in [0.5, 0.6) is 0 Å². The van der Waals surface area contributed by atoms with Gasteiger partial charge in [-0.05, 0) is 23.7 Å². The molecule has 1 aromatic heterocycles. The summed E-state index contributed by atoms with van der Waals surface area (Å²) < 4.78 is 48.6. The van der Waals surface area contributed by atoms with Gasteiger partial charge in [-0.1, -0.05) is 18.1 Å². The molecule has 12 nitrogen and oxygen atoms in total. The first-order chi connectivity index (χ1) is 18.3. The third-order valence-electron chi connectivity index (χ3n) is 4.64. The molecule has 2 amide bonds. The number of nitrogens with zero attached hydrogens (tertiary/aromatic N) is 2. The van der Waals surface area contributed by atoms with Crippen molar-refractivity contribution < 1.29 is 37.0 Å². The van der Waals surface area contributed by atoms with E-state index in [1.54, 1.807) is 24.3 Å². The molecule has 1 heterocycles. The maximum Gasteiger partial charge on any atom is 0.251 e. The summed E-state index contributed by atoms with van der Waals surface area (Å²) in [6, 6.07) is 6.57. The van der Waals surface area contributed by atoms with Gasteiger partial charge in [0, 0.05) is 30.3 Å². The molecule has 0 spiro atoms. The average Bonchev–Trinajstić information content (AvgIpc) is 3.41. The number of carbonyl (C=O) groups excluding carboxylic acids is 2. The van der Waals surface area contributed by atoms with Gasteiger partial charge in [0.05, 0.1) is 59.4 Å². The van der Waals surface area contributed by atoms with Crippen molar-refractivity contribution in [3.8, 4) is 23.7 Å². The van der Waals surface area contributed by atoms with Crippen LogP contribution in [0.15, 0.2) is 28.6 Å². The van der Waals surface area contributed by atoms with Gasteiger partial charge < -0.3 is 29.6 Å². The summed E-state index contributed by atoms with van der Waals surface area (Å²) in [6.45, 7) is 3.58. The fourth-order valence-corrected chi connectivity index (χ4v) is 4.10. The van der Waals surface area contributed by atoms with Crippen LogP contribution >= 0.6 is 11.5 Å². The lowest BCUT2D eigenvalue weighted by molar-refractivity contribution is -0.122. The largest absolute Gasteiger partial charge is 0.379 e. The Bertz CT molecular complexity index is 1150. The highest BCUT2D eigenvalue weighted by atomic mass is 32.2. The number of aromatic nitrogens is 2. The first-order valence-corrected chi connectivity index (χ1v) is 14.4. The second-order valence-electron chi connectivity index (χ2n) is 7.67. The van der Waals surface area contributed by atoms with Crippen molar-refractivity contribution in [3.05, 3.63) is 29.8 Å². The van der Waals surface area contributed by atoms with Crippen LogP contribution in [0.3, 0.4) is 0 Å². The van der Waals surface area contributed by atoms with Crippen LogP contribution in [0.4, 0.5) is 0 Å². The van der Waals surface area contributed by atoms with E-state index in [1.807, 2.05) is 0 Å². The Labute approximate surface area is 226 Å². The van der Waals surface area contributed by atoms with Gasteiger partial charge in [-0.3, -0.25) is 9.59 Å². The zero-order chi connectivity index (χ0) is 27.6. The SMILES string of the molecule is C#CCNC(=O)CCOCCOCCOCCOCCNC(=O)c1ccc(-c2nsc(S(C)(=O)=O)n2)cc1. The molecule has 0 unspecified atom stereocenters. The predicted molar refractivity (Wildman–Crippen MR) is 141 cm³/mol. The maximum atomic E-state index is 12.3. The number of carbonyl (C=O) groups is 2. The summed E-state index contributed by atoms with van der Waals surface area (Å²) in [5.74, 6) is 2.22. The number of sulfone groups is 1. The van der Waals surface area contributed by atoms with Gasteiger partial charge in [-0.25, -0.2) is 13.4 Å². The van der Waals surface area contributed by atoms with E-state index in [0.29, 0.717) is 76.4 Å². The zero-order valence-corrected chi connectivity index (χ0v) is 22.8. The fourth-order valence-electron chi connectivity index (χ4n) is 2.75. The molecule has 2 N–H and O–H groups in total. The molecule has 14 heteroatoms. The van der Waals surface area contributed by atoms with Crippen LogP contribution in [0.1, 0.15) is 16.8 Å². The molecule has 38 heavy (non-hydrogen) atoms. The van der Waals surface area contributed by atoms with E-state index in [4.69, 9.17) is 25.4 Å². The van der Waals surface area contributed by atoms with Crippen LogP contribution in [-0.4, -0.2) is 102 Å². The molecule has 0 radical (unpaired) electrons. The van der Waals surface area contributed by atoms with E-state index in [-0.39, 0.29) is 29.1 Å². The summed E-state index contributed by atoms with van der Waals surface area (Å²) in [5.41, 5.74) is 1.07. The molecule has 0 saturated heterocycles. The van der Waals surface area contributed by atoms with E-state index in [9.17, 15) is 18.0 Å². The van der Waals surface area contributed by atoms with Crippen LogP contribution in [0, 0.1) is 12.3 Å². The van der Waals surface area contributed by atoms with Gasteiger partial charge in [0.2, 0.25) is 20.1 Å². The second kappa shape index (κ2) is 17.6. The number of hydrogen-bond donors (Lipinski definition) is 2. The highest BCUT2D eigenvalue weighted by molar-refractivity contribution is 7.92. The molecule has 1 aromatic carbocycles. The number of nitrogens with one attached hydrogen (secondary N) is 2.